The zero-order valence-corrected chi connectivity index (χ0v) is 15.1. The highest BCUT2D eigenvalue weighted by Gasteiger charge is 2.28. The van der Waals surface area contributed by atoms with Gasteiger partial charge in [-0.05, 0) is 17.7 Å². The van der Waals surface area contributed by atoms with E-state index in [2.05, 4.69) is 0 Å². The first-order valence-electron chi connectivity index (χ1n) is 7.24. The number of rotatable bonds is 6. The van der Waals surface area contributed by atoms with Gasteiger partial charge in [-0.2, -0.15) is 0 Å². The highest BCUT2D eigenvalue weighted by atomic mass is 35.5. The van der Waals surface area contributed by atoms with Crippen LogP contribution >= 0.6 is 23.2 Å². The van der Waals surface area contributed by atoms with E-state index in [0.29, 0.717) is 10.6 Å². The number of hydrogen-bond acceptors (Lipinski definition) is 6. The fourth-order valence-electron chi connectivity index (χ4n) is 2.38. The van der Waals surface area contributed by atoms with Crippen LogP contribution in [0.15, 0.2) is 33.5 Å². The van der Waals surface area contributed by atoms with Gasteiger partial charge in [-0.15, -0.1) is 0 Å². The number of carbonyl (C=O) groups excluding carboxylic acids is 1. The van der Waals surface area contributed by atoms with Gasteiger partial charge in [-0.25, -0.2) is 0 Å². The summed E-state index contributed by atoms with van der Waals surface area (Å²) in [5.41, 5.74) is -0.183. The number of methoxy groups -OCH3 is 2. The summed E-state index contributed by atoms with van der Waals surface area (Å²) in [6.07, 6.45) is -0.190. The third-order valence-electron chi connectivity index (χ3n) is 3.54. The van der Waals surface area contributed by atoms with Crippen molar-refractivity contribution in [3.8, 4) is 5.75 Å². The third kappa shape index (κ3) is 4.54. The van der Waals surface area contributed by atoms with Crippen LogP contribution in [0.5, 0.6) is 5.75 Å². The molecule has 1 unspecified atom stereocenters. The molecule has 8 heteroatoms. The van der Waals surface area contributed by atoms with Gasteiger partial charge in [-0.1, -0.05) is 29.3 Å². The maximum absolute atomic E-state index is 12.0. The Morgan fingerprint density at radius 3 is 2.60 bits per heavy atom. The van der Waals surface area contributed by atoms with Crippen LogP contribution in [0, 0.1) is 0 Å². The zero-order valence-electron chi connectivity index (χ0n) is 13.5. The van der Waals surface area contributed by atoms with E-state index in [4.69, 9.17) is 37.1 Å². The maximum Gasteiger partial charge on any atom is 0.306 e. The number of benzene rings is 1. The molecular formula is C17H16Cl2O6. The molecule has 0 fully saturated rings. The van der Waals surface area contributed by atoms with Crippen molar-refractivity contribution in [1.82, 2.24) is 0 Å². The van der Waals surface area contributed by atoms with Gasteiger partial charge < -0.3 is 19.0 Å². The molecule has 0 radical (unpaired) electrons. The average Bonchev–Trinajstić information content (AvgIpc) is 2.56. The second-order valence-electron chi connectivity index (χ2n) is 5.22. The van der Waals surface area contributed by atoms with Gasteiger partial charge in [0.05, 0.1) is 19.4 Å². The lowest BCUT2D eigenvalue weighted by Crippen LogP contribution is -2.14. The van der Waals surface area contributed by atoms with Gasteiger partial charge in [0.25, 0.3) is 0 Å². The van der Waals surface area contributed by atoms with E-state index in [1.165, 1.54) is 20.3 Å². The Morgan fingerprint density at radius 2 is 2.00 bits per heavy atom. The topological polar surface area (TPSA) is 86.0 Å². The molecule has 2 aromatic rings. The van der Waals surface area contributed by atoms with E-state index >= 15 is 0 Å². The van der Waals surface area contributed by atoms with Gasteiger partial charge in [0.15, 0.2) is 5.76 Å². The minimum Gasteiger partial charge on any atom is -0.502 e. The summed E-state index contributed by atoms with van der Waals surface area (Å²) in [4.78, 5) is 23.9. The minimum atomic E-state index is -0.832. The molecule has 1 atom stereocenters. The Morgan fingerprint density at radius 1 is 1.28 bits per heavy atom. The summed E-state index contributed by atoms with van der Waals surface area (Å²) in [6.45, 7) is 0.0296. The fraction of sp³-hybridized carbons (Fsp3) is 0.294. The molecule has 1 heterocycles. The second kappa shape index (κ2) is 8.38. The highest BCUT2D eigenvalue weighted by Crippen LogP contribution is 2.37. The number of halogens is 2. The van der Waals surface area contributed by atoms with Crippen LogP contribution in [-0.2, 0) is 20.9 Å². The molecule has 6 nitrogen and oxygen atoms in total. The molecule has 0 aliphatic heterocycles. The van der Waals surface area contributed by atoms with Crippen molar-refractivity contribution in [2.45, 2.75) is 18.9 Å². The minimum absolute atomic E-state index is 0.0296. The van der Waals surface area contributed by atoms with E-state index in [1.54, 1.807) is 12.1 Å². The summed E-state index contributed by atoms with van der Waals surface area (Å²) in [5.74, 6) is -1.87. The Kier molecular flexibility index (Phi) is 6.47. The lowest BCUT2D eigenvalue weighted by atomic mass is 9.92. The van der Waals surface area contributed by atoms with E-state index in [1.807, 2.05) is 0 Å². The van der Waals surface area contributed by atoms with Crippen LogP contribution in [0.1, 0.15) is 29.4 Å². The van der Waals surface area contributed by atoms with Crippen LogP contribution in [0.3, 0.4) is 0 Å². The molecule has 0 aliphatic carbocycles. The van der Waals surface area contributed by atoms with Gasteiger partial charge >= 0.3 is 5.97 Å². The smallest absolute Gasteiger partial charge is 0.306 e. The summed E-state index contributed by atoms with van der Waals surface area (Å²) in [7, 11) is 2.68. The normalized spacial score (nSPS) is 12.0. The Bertz CT molecular complexity index is 830. The van der Waals surface area contributed by atoms with E-state index in [-0.39, 0.29) is 29.6 Å². The molecule has 1 N–H and O–H groups in total. The summed E-state index contributed by atoms with van der Waals surface area (Å²) in [6, 6.07) is 5.81. The molecule has 25 heavy (non-hydrogen) atoms. The van der Waals surface area contributed by atoms with Crippen LogP contribution in [0.4, 0.5) is 0 Å². The van der Waals surface area contributed by atoms with Crippen molar-refractivity contribution < 1.29 is 23.8 Å². The monoisotopic (exact) mass is 386 g/mol. The number of hydrogen-bond donors (Lipinski definition) is 1. The SMILES string of the molecule is COCc1cc(=O)c(O)c(C(CC(=O)OC)c2ccc(Cl)cc2Cl)o1. The van der Waals surface area contributed by atoms with Crippen molar-refractivity contribution in [3.05, 3.63) is 61.6 Å². The number of esters is 1. The second-order valence-corrected chi connectivity index (χ2v) is 6.07. The van der Waals surface area contributed by atoms with Gasteiger partial charge in [0, 0.05) is 23.2 Å². The van der Waals surface area contributed by atoms with E-state index in [9.17, 15) is 14.7 Å². The van der Waals surface area contributed by atoms with Crippen LogP contribution < -0.4 is 5.43 Å². The summed E-state index contributed by atoms with van der Waals surface area (Å²) in [5, 5.41) is 10.9. The molecular weight excluding hydrogens is 371 g/mol. The predicted molar refractivity (Wildman–Crippen MR) is 92.3 cm³/mol. The molecule has 1 aromatic carbocycles. The van der Waals surface area contributed by atoms with E-state index < -0.39 is 23.1 Å². The third-order valence-corrected chi connectivity index (χ3v) is 4.10. The Labute approximate surface area is 153 Å². The number of ether oxygens (including phenoxy) is 2. The van der Waals surface area contributed by atoms with Crippen molar-refractivity contribution in [3.63, 3.8) is 0 Å². The summed E-state index contributed by atoms with van der Waals surface area (Å²) < 4.78 is 15.3. The summed E-state index contributed by atoms with van der Waals surface area (Å²) >= 11 is 12.1. The first-order chi connectivity index (χ1) is 11.9. The van der Waals surface area contributed by atoms with Crippen molar-refractivity contribution >= 4 is 29.2 Å². The fourth-order valence-corrected chi connectivity index (χ4v) is 2.92. The van der Waals surface area contributed by atoms with Crippen LogP contribution in [-0.4, -0.2) is 25.3 Å². The van der Waals surface area contributed by atoms with Crippen molar-refractivity contribution in [2.75, 3.05) is 14.2 Å². The van der Waals surface area contributed by atoms with Gasteiger partial charge in [0.1, 0.15) is 12.4 Å². The Balaban J connectivity index is 2.63. The van der Waals surface area contributed by atoms with Gasteiger partial charge in [-0.3, -0.25) is 9.59 Å². The largest absolute Gasteiger partial charge is 0.502 e. The first kappa shape index (κ1) is 19.3. The highest BCUT2D eigenvalue weighted by molar-refractivity contribution is 6.35. The van der Waals surface area contributed by atoms with Crippen LogP contribution in [0.25, 0.3) is 0 Å². The maximum atomic E-state index is 12.0. The predicted octanol–water partition coefficient (Wildman–Crippen LogP) is 3.49. The molecule has 1 aromatic heterocycles. The lowest BCUT2D eigenvalue weighted by Gasteiger charge is -2.18. The molecule has 0 bridgehead atoms. The molecule has 2 rings (SSSR count). The van der Waals surface area contributed by atoms with E-state index in [0.717, 1.165) is 6.07 Å². The molecule has 0 saturated carbocycles. The number of aromatic hydroxyl groups is 1. The molecule has 0 amide bonds. The van der Waals surface area contributed by atoms with Crippen molar-refractivity contribution in [2.24, 2.45) is 0 Å². The quantitative estimate of drug-likeness (QED) is 0.764. The lowest BCUT2D eigenvalue weighted by molar-refractivity contribution is -0.140. The van der Waals surface area contributed by atoms with Crippen LogP contribution in [0.2, 0.25) is 10.0 Å². The zero-order chi connectivity index (χ0) is 18.6. The molecule has 0 spiro atoms. The average molecular weight is 387 g/mol. The Hall–Kier alpha value is -2.02. The first-order valence-corrected chi connectivity index (χ1v) is 7.99. The standard InChI is InChI=1S/C17H16Cl2O6/c1-23-8-10-6-14(20)16(22)17(25-10)12(7-15(21)24-2)11-4-3-9(18)5-13(11)19/h3-6,12,22H,7-8H2,1-2H3. The van der Waals surface area contributed by atoms with Gasteiger partial charge in [0.2, 0.25) is 11.2 Å². The number of carbonyl (C=O) groups is 1. The van der Waals surface area contributed by atoms with Crippen molar-refractivity contribution in [1.29, 1.82) is 0 Å². The molecule has 0 aliphatic rings. The molecule has 0 saturated heterocycles. The molecule has 134 valence electrons.